The Labute approximate surface area is 227 Å². The summed E-state index contributed by atoms with van der Waals surface area (Å²) in [7, 11) is 3.10. The molecule has 0 unspecified atom stereocenters. The van der Waals surface area contributed by atoms with Gasteiger partial charge in [0.25, 0.3) is 5.91 Å². The zero-order valence-corrected chi connectivity index (χ0v) is 22.1. The summed E-state index contributed by atoms with van der Waals surface area (Å²) >= 11 is 0. The average molecular weight is 530 g/mol. The molecule has 0 saturated carbocycles. The molecule has 1 aliphatic heterocycles. The van der Waals surface area contributed by atoms with Crippen LogP contribution in [0.15, 0.2) is 84.1 Å². The SMILES string of the molecule is CCOc1cc([C@H]2C(C(=O)/C=C/c3ccccc3)=C(O)C(=O)N2CCc2ccc(OC)c(OC)c2)ccc1O. The van der Waals surface area contributed by atoms with Gasteiger partial charge in [-0.15, -0.1) is 0 Å². The highest BCUT2D eigenvalue weighted by Gasteiger charge is 2.43. The van der Waals surface area contributed by atoms with Crippen LogP contribution in [-0.2, 0) is 16.0 Å². The minimum atomic E-state index is -0.884. The second-order valence-corrected chi connectivity index (χ2v) is 8.87. The zero-order valence-electron chi connectivity index (χ0n) is 22.1. The van der Waals surface area contributed by atoms with E-state index in [1.54, 1.807) is 45.4 Å². The van der Waals surface area contributed by atoms with Gasteiger partial charge in [0.1, 0.15) is 0 Å². The lowest BCUT2D eigenvalue weighted by Gasteiger charge is -2.27. The normalized spacial score (nSPS) is 15.2. The van der Waals surface area contributed by atoms with Gasteiger partial charge >= 0.3 is 0 Å². The largest absolute Gasteiger partial charge is 0.504 e. The van der Waals surface area contributed by atoms with E-state index in [0.29, 0.717) is 30.1 Å². The second-order valence-electron chi connectivity index (χ2n) is 8.87. The highest BCUT2D eigenvalue weighted by Crippen LogP contribution is 2.41. The molecule has 1 atom stereocenters. The van der Waals surface area contributed by atoms with Gasteiger partial charge < -0.3 is 29.3 Å². The summed E-state index contributed by atoms with van der Waals surface area (Å²) < 4.78 is 16.2. The first kappa shape index (κ1) is 27.3. The zero-order chi connectivity index (χ0) is 27.9. The van der Waals surface area contributed by atoms with Crippen LogP contribution in [0.3, 0.4) is 0 Å². The first-order valence-corrected chi connectivity index (χ1v) is 12.6. The third-order valence-electron chi connectivity index (χ3n) is 6.48. The summed E-state index contributed by atoms with van der Waals surface area (Å²) in [6.45, 7) is 2.30. The van der Waals surface area contributed by atoms with Crippen LogP contribution in [0.4, 0.5) is 0 Å². The highest BCUT2D eigenvalue weighted by molar-refractivity contribution is 6.14. The first-order chi connectivity index (χ1) is 18.9. The quantitative estimate of drug-likeness (QED) is 0.336. The van der Waals surface area contributed by atoms with E-state index in [2.05, 4.69) is 0 Å². The van der Waals surface area contributed by atoms with Crippen LogP contribution in [0.1, 0.15) is 29.7 Å². The topological polar surface area (TPSA) is 106 Å². The number of hydrogen-bond acceptors (Lipinski definition) is 7. The second kappa shape index (κ2) is 12.2. The number of aromatic hydroxyl groups is 1. The Morgan fingerprint density at radius 1 is 0.949 bits per heavy atom. The number of aliphatic hydroxyl groups is 1. The highest BCUT2D eigenvalue weighted by atomic mass is 16.5. The molecule has 1 aliphatic rings. The summed E-state index contributed by atoms with van der Waals surface area (Å²) in [5, 5.41) is 21.2. The number of carbonyl (C=O) groups excluding carboxylic acids is 2. The number of benzene rings is 3. The summed E-state index contributed by atoms with van der Waals surface area (Å²) in [6, 6.07) is 18.5. The van der Waals surface area contributed by atoms with Gasteiger partial charge in [-0.2, -0.15) is 0 Å². The summed E-state index contributed by atoms with van der Waals surface area (Å²) in [6.07, 6.45) is 3.41. The molecule has 0 aromatic heterocycles. The van der Waals surface area contributed by atoms with Crippen LogP contribution in [0.2, 0.25) is 0 Å². The van der Waals surface area contributed by atoms with Crippen molar-refractivity contribution in [1.29, 1.82) is 0 Å². The molecular formula is C31H31NO7. The Kier molecular flexibility index (Phi) is 8.56. The van der Waals surface area contributed by atoms with E-state index < -0.39 is 23.5 Å². The van der Waals surface area contributed by atoms with Crippen LogP contribution in [0.5, 0.6) is 23.0 Å². The fourth-order valence-electron chi connectivity index (χ4n) is 4.57. The van der Waals surface area contributed by atoms with Crippen LogP contribution >= 0.6 is 0 Å². The number of phenolic OH excluding ortho intramolecular Hbond substituents is 1. The molecule has 0 spiro atoms. The van der Waals surface area contributed by atoms with Crippen molar-refractivity contribution in [2.45, 2.75) is 19.4 Å². The molecule has 0 radical (unpaired) electrons. The molecule has 1 heterocycles. The van der Waals surface area contributed by atoms with Crippen molar-refractivity contribution in [2.75, 3.05) is 27.4 Å². The number of ether oxygens (including phenoxy) is 3. The van der Waals surface area contributed by atoms with Gasteiger partial charge in [0, 0.05) is 6.54 Å². The minimum absolute atomic E-state index is 0.0346. The molecule has 3 aromatic carbocycles. The van der Waals surface area contributed by atoms with Crippen molar-refractivity contribution >= 4 is 17.8 Å². The van der Waals surface area contributed by atoms with E-state index in [4.69, 9.17) is 14.2 Å². The van der Waals surface area contributed by atoms with Gasteiger partial charge in [-0.3, -0.25) is 9.59 Å². The monoisotopic (exact) mass is 529 g/mol. The molecule has 8 nitrogen and oxygen atoms in total. The van der Waals surface area contributed by atoms with Gasteiger partial charge in [0.2, 0.25) is 0 Å². The molecule has 202 valence electrons. The smallest absolute Gasteiger partial charge is 0.290 e. The third-order valence-corrected chi connectivity index (χ3v) is 6.48. The molecule has 0 bridgehead atoms. The third kappa shape index (κ3) is 5.90. The Morgan fingerprint density at radius 3 is 2.38 bits per heavy atom. The van der Waals surface area contributed by atoms with E-state index in [-0.39, 0.29) is 23.6 Å². The predicted molar refractivity (Wildman–Crippen MR) is 147 cm³/mol. The fourth-order valence-corrected chi connectivity index (χ4v) is 4.57. The molecular weight excluding hydrogens is 498 g/mol. The molecule has 39 heavy (non-hydrogen) atoms. The van der Waals surface area contributed by atoms with Crippen LogP contribution < -0.4 is 14.2 Å². The summed E-state index contributed by atoms with van der Waals surface area (Å²) in [5.41, 5.74) is 2.17. The van der Waals surface area contributed by atoms with Crippen molar-refractivity contribution < 1.29 is 34.0 Å². The maximum Gasteiger partial charge on any atom is 0.290 e. The average Bonchev–Trinajstić information content (AvgIpc) is 3.21. The van der Waals surface area contributed by atoms with Crippen LogP contribution in [-0.4, -0.2) is 54.2 Å². The number of amides is 1. The van der Waals surface area contributed by atoms with E-state index in [1.807, 2.05) is 42.5 Å². The van der Waals surface area contributed by atoms with Crippen molar-refractivity contribution in [3.63, 3.8) is 0 Å². The van der Waals surface area contributed by atoms with E-state index >= 15 is 0 Å². The number of carbonyl (C=O) groups is 2. The van der Waals surface area contributed by atoms with Crippen molar-refractivity contribution in [3.05, 3.63) is 101 Å². The Bertz CT molecular complexity index is 1410. The maximum absolute atomic E-state index is 13.4. The number of aliphatic hydroxyl groups excluding tert-OH is 1. The van der Waals surface area contributed by atoms with E-state index in [0.717, 1.165) is 11.1 Å². The predicted octanol–water partition coefficient (Wildman–Crippen LogP) is 5.03. The van der Waals surface area contributed by atoms with E-state index in [1.165, 1.54) is 17.0 Å². The number of hydrogen-bond donors (Lipinski definition) is 2. The van der Waals surface area contributed by atoms with Gasteiger partial charge in [-0.1, -0.05) is 48.5 Å². The molecule has 0 aliphatic carbocycles. The number of nitrogens with zero attached hydrogens (tertiary/aromatic N) is 1. The summed E-state index contributed by atoms with van der Waals surface area (Å²) in [5.74, 6) is -0.436. The molecule has 3 aromatic rings. The number of rotatable bonds is 11. The van der Waals surface area contributed by atoms with Crippen molar-refractivity contribution in [2.24, 2.45) is 0 Å². The molecule has 0 fully saturated rings. The standard InChI is InChI=1S/C31H31NO7/c1-4-39-26-19-22(12-14-23(26)33)29-28(24(34)13-10-20-8-6-5-7-9-20)30(35)31(36)32(29)17-16-21-11-15-25(37-2)27(18-21)38-3/h5-15,18-19,29,33,35H,4,16-17H2,1-3H3/b13-10+/t29-/m0/s1. The number of phenols is 1. The summed E-state index contributed by atoms with van der Waals surface area (Å²) in [4.78, 5) is 28.2. The molecule has 8 heteroatoms. The van der Waals surface area contributed by atoms with Gasteiger partial charge in [0.05, 0.1) is 32.4 Å². The number of allylic oxidation sites excluding steroid dienone is 1. The molecule has 0 saturated heterocycles. The lowest BCUT2D eigenvalue weighted by molar-refractivity contribution is -0.129. The van der Waals surface area contributed by atoms with E-state index in [9.17, 15) is 19.8 Å². The van der Waals surface area contributed by atoms with Gasteiger partial charge in [-0.05, 0) is 60.4 Å². The lowest BCUT2D eigenvalue weighted by Crippen LogP contribution is -2.33. The fraction of sp³-hybridized carbons (Fsp3) is 0.226. The number of methoxy groups -OCH3 is 2. The molecule has 2 N–H and O–H groups in total. The Hall–Kier alpha value is -4.72. The molecule has 1 amide bonds. The van der Waals surface area contributed by atoms with Crippen molar-refractivity contribution in [1.82, 2.24) is 4.90 Å². The van der Waals surface area contributed by atoms with Crippen LogP contribution in [0.25, 0.3) is 6.08 Å². The molecule has 4 rings (SSSR count). The Morgan fingerprint density at radius 2 is 1.69 bits per heavy atom. The first-order valence-electron chi connectivity index (χ1n) is 12.6. The van der Waals surface area contributed by atoms with Crippen LogP contribution in [0, 0.1) is 0 Å². The Balaban J connectivity index is 1.69. The van der Waals surface area contributed by atoms with Gasteiger partial charge in [0.15, 0.2) is 34.5 Å². The van der Waals surface area contributed by atoms with Crippen molar-refractivity contribution in [3.8, 4) is 23.0 Å². The maximum atomic E-state index is 13.4. The minimum Gasteiger partial charge on any atom is -0.504 e. The number of ketones is 1. The van der Waals surface area contributed by atoms with Gasteiger partial charge in [-0.25, -0.2) is 0 Å². The lowest BCUT2D eigenvalue weighted by atomic mass is 9.95.